The van der Waals surface area contributed by atoms with Crippen molar-refractivity contribution in [1.82, 2.24) is 4.98 Å². The summed E-state index contributed by atoms with van der Waals surface area (Å²) < 4.78 is 1.46. The van der Waals surface area contributed by atoms with Crippen molar-refractivity contribution in [2.75, 3.05) is 0 Å². The first-order valence-corrected chi connectivity index (χ1v) is 8.28. The van der Waals surface area contributed by atoms with Gasteiger partial charge in [-0.3, -0.25) is 0 Å². The standard InChI is InChI=1S/C14H23NSe/c1-13(2,3)11-8-10(16-7)9-12(15-11)14(4,5)6/h8-9H,1-7H3. The summed E-state index contributed by atoms with van der Waals surface area (Å²) in [7, 11) is 0. The molecular weight excluding hydrogens is 261 g/mol. The second-order valence-electron chi connectivity index (χ2n) is 6.28. The van der Waals surface area contributed by atoms with Gasteiger partial charge in [0.25, 0.3) is 0 Å². The number of aromatic nitrogens is 1. The summed E-state index contributed by atoms with van der Waals surface area (Å²) in [5, 5.41) is 0. The molecule has 0 saturated carbocycles. The molecule has 0 N–H and O–H groups in total. The van der Waals surface area contributed by atoms with E-state index < -0.39 is 0 Å². The van der Waals surface area contributed by atoms with Gasteiger partial charge in [0.2, 0.25) is 0 Å². The molecule has 0 unspecified atom stereocenters. The first kappa shape index (κ1) is 13.7. The van der Waals surface area contributed by atoms with Crippen LogP contribution in [0.3, 0.4) is 0 Å². The molecular formula is C14H23NSe. The molecule has 0 fully saturated rings. The average molecular weight is 284 g/mol. The van der Waals surface area contributed by atoms with Gasteiger partial charge in [0.1, 0.15) is 0 Å². The average Bonchev–Trinajstić information content (AvgIpc) is 2.14. The van der Waals surface area contributed by atoms with Crippen molar-refractivity contribution in [3.63, 3.8) is 0 Å². The summed E-state index contributed by atoms with van der Waals surface area (Å²) in [4.78, 5) is 4.83. The zero-order valence-corrected chi connectivity index (χ0v) is 13.2. The molecule has 0 aliphatic carbocycles. The van der Waals surface area contributed by atoms with Crippen LogP contribution in [0.4, 0.5) is 0 Å². The van der Waals surface area contributed by atoms with E-state index in [9.17, 15) is 0 Å². The van der Waals surface area contributed by atoms with E-state index >= 15 is 0 Å². The fourth-order valence-electron chi connectivity index (χ4n) is 1.39. The first-order valence-electron chi connectivity index (χ1n) is 5.71. The number of nitrogens with zero attached hydrogens (tertiary/aromatic N) is 1. The van der Waals surface area contributed by atoms with E-state index in [1.807, 2.05) is 0 Å². The second-order valence-corrected chi connectivity index (χ2v) is 8.12. The van der Waals surface area contributed by atoms with Gasteiger partial charge in [-0.05, 0) is 0 Å². The molecule has 1 aromatic rings. The van der Waals surface area contributed by atoms with Crippen LogP contribution in [0, 0.1) is 0 Å². The molecule has 0 spiro atoms. The molecule has 1 aromatic heterocycles. The minimum atomic E-state index is 0.140. The van der Waals surface area contributed by atoms with Crippen molar-refractivity contribution in [3.8, 4) is 0 Å². The summed E-state index contributed by atoms with van der Waals surface area (Å²) in [5.74, 6) is 2.27. The zero-order valence-electron chi connectivity index (χ0n) is 11.5. The number of pyridine rings is 1. The molecule has 0 saturated heterocycles. The van der Waals surface area contributed by atoms with Crippen molar-refractivity contribution in [1.29, 1.82) is 0 Å². The van der Waals surface area contributed by atoms with E-state index in [0.29, 0.717) is 15.0 Å². The van der Waals surface area contributed by atoms with Crippen molar-refractivity contribution in [3.05, 3.63) is 23.5 Å². The Morgan fingerprint density at radius 2 is 1.25 bits per heavy atom. The normalized spacial score (nSPS) is 12.9. The molecule has 1 nitrogen and oxygen atoms in total. The third kappa shape index (κ3) is 3.33. The Morgan fingerprint density at radius 3 is 1.50 bits per heavy atom. The van der Waals surface area contributed by atoms with E-state index in [0.717, 1.165) is 0 Å². The van der Waals surface area contributed by atoms with E-state index in [4.69, 9.17) is 4.98 Å². The molecule has 1 heterocycles. The molecule has 1 rings (SSSR count). The Kier molecular flexibility index (Phi) is 3.87. The molecule has 0 aromatic carbocycles. The van der Waals surface area contributed by atoms with Crippen LogP contribution < -0.4 is 4.46 Å². The van der Waals surface area contributed by atoms with Crippen molar-refractivity contribution >= 4 is 19.4 Å². The van der Waals surface area contributed by atoms with Crippen molar-refractivity contribution in [2.45, 2.75) is 58.2 Å². The molecule has 0 bridgehead atoms. The quantitative estimate of drug-likeness (QED) is 0.722. The van der Waals surface area contributed by atoms with Gasteiger partial charge in [-0.2, -0.15) is 0 Å². The van der Waals surface area contributed by atoms with Crippen LogP contribution in [0.25, 0.3) is 0 Å². The van der Waals surface area contributed by atoms with Gasteiger partial charge in [-0.1, -0.05) is 0 Å². The predicted octanol–water partition coefficient (Wildman–Crippen LogP) is 3.05. The van der Waals surface area contributed by atoms with Crippen LogP contribution in [-0.2, 0) is 10.8 Å². The Morgan fingerprint density at radius 1 is 0.875 bits per heavy atom. The van der Waals surface area contributed by atoms with Gasteiger partial charge in [-0.25, -0.2) is 0 Å². The Hall–Kier alpha value is -0.331. The fraction of sp³-hybridized carbons (Fsp3) is 0.643. The Balaban J connectivity index is 3.33. The minimum absolute atomic E-state index is 0.140. The predicted molar refractivity (Wildman–Crippen MR) is 72.9 cm³/mol. The third-order valence-corrected chi connectivity index (χ3v) is 4.05. The van der Waals surface area contributed by atoms with E-state index in [-0.39, 0.29) is 10.8 Å². The number of hydrogen-bond acceptors (Lipinski definition) is 1. The molecule has 0 aliphatic heterocycles. The Labute approximate surface area is 106 Å². The number of rotatable bonds is 1. The third-order valence-electron chi connectivity index (χ3n) is 2.57. The van der Waals surface area contributed by atoms with Gasteiger partial charge < -0.3 is 0 Å². The topological polar surface area (TPSA) is 12.9 Å². The molecule has 90 valence electrons. The van der Waals surface area contributed by atoms with Crippen molar-refractivity contribution in [2.24, 2.45) is 0 Å². The van der Waals surface area contributed by atoms with Crippen LogP contribution in [0.5, 0.6) is 0 Å². The molecule has 2 heteroatoms. The van der Waals surface area contributed by atoms with E-state index in [1.165, 1.54) is 15.8 Å². The van der Waals surface area contributed by atoms with Crippen LogP contribution in [0.15, 0.2) is 12.1 Å². The summed E-state index contributed by atoms with van der Waals surface area (Å²) in [5.41, 5.74) is 2.72. The monoisotopic (exact) mass is 285 g/mol. The molecule has 16 heavy (non-hydrogen) atoms. The summed E-state index contributed by atoms with van der Waals surface area (Å²) in [6.07, 6.45) is 0. The van der Waals surface area contributed by atoms with E-state index in [1.54, 1.807) is 0 Å². The van der Waals surface area contributed by atoms with Gasteiger partial charge in [0.05, 0.1) is 0 Å². The SMILES string of the molecule is C[Se]c1cc(C(C)(C)C)nc(C(C)(C)C)c1. The van der Waals surface area contributed by atoms with Crippen LogP contribution >= 0.6 is 0 Å². The van der Waals surface area contributed by atoms with Gasteiger partial charge in [0.15, 0.2) is 0 Å². The summed E-state index contributed by atoms with van der Waals surface area (Å²) in [6, 6.07) is 4.55. The van der Waals surface area contributed by atoms with Crippen LogP contribution in [-0.4, -0.2) is 19.9 Å². The maximum absolute atomic E-state index is 4.83. The molecule has 0 atom stereocenters. The summed E-state index contributed by atoms with van der Waals surface area (Å²) >= 11 is 0.545. The zero-order chi connectivity index (χ0) is 12.6. The first-order chi connectivity index (χ1) is 7.14. The van der Waals surface area contributed by atoms with Crippen molar-refractivity contribution < 1.29 is 0 Å². The fourth-order valence-corrected chi connectivity index (χ4v) is 2.35. The van der Waals surface area contributed by atoms with Crippen LogP contribution in [0.1, 0.15) is 52.9 Å². The van der Waals surface area contributed by atoms with E-state index in [2.05, 4.69) is 59.5 Å². The Bertz CT molecular complexity index is 337. The van der Waals surface area contributed by atoms with Crippen LogP contribution in [0.2, 0.25) is 5.82 Å². The maximum atomic E-state index is 4.83. The summed E-state index contributed by atoms with van der Waals surface area (Å²) in [6.45, 7) is 13.4. The molecule has 0 radical (unpaired) electrons. The molecule has 0 aliphatic rings. The van der Waals surface area contributed by atoms with Gasteiger partial charge in [0, 0.05) is 0 Å². The van der Waals surface area contributed by atoms with Gasteiger partial charge >= 0.3 is 106 Å². The second kappa shape index (κ2) is 4.50. The van der Waals surface area contributed by atoms with Gasteiger partial charge in [-0.15, -0.1) is 0 Å². The number of hydrogen-bond donors (Lipinski definition) is 0. The molecule has 0 amide bonds.